The number of hydrazine groups is 2. The van der Waals surface area contributed by atoms with Crippen LogP contribution in [-0.4, -0.2) is 64.3 Å². The van der Waals surface area contributed by atoms with Gasteiger partial charge in [-0.15, -0.1) is 0 Å². The van der Waals surface area contributed by atoms with Crippen LogP contribution in [0.15, 0.2) is 0 Å². The molecule has 2 fully saturated rings. The number of carbonyl (C=O) groups is 2. The van der Waals surface area contributed by atoms with E-state index in [4.69, 9.17) is 10.8 Å². The quantitative estimate of drug-likeness (QED) is 0.754. The summed E-state index contributed by atoms with van der Waals surface area (Å²) in [4.78, 5) is 23.5. The predicted molar refractivity (Wildman–Crippen MR) is 82.5 cm³/mol. The second-order valence-corrected chi connectivity index (χ2v) is 6.20. The van der Waals surface area contributed by atoms with Crippen molar-refractivity contribution in [3.8, 4) is 0 Å². The third kappa shape index (κ3) is 4.66. The van der Waals surface area contributed by atoms with Crippen molar-refractivity contribution < 1.29 is 14.7 Å². The second-order valence-electron chi connectivity index (χ2n) is 6.20. The van der Waals surface area contributed by atoms with Crippen LogP contribution in [0, 0.1) is 0 Å². The number of nitrogens with two attached hydrogens (primary N) is 1. The van der Waals surface area contributed by atoms with Crippen molar-refractivity contribution in [3.05, 3.63) is 0 Å². The van der Waals surface area contributed by atoms with E-state index >= 15 is 0 Å². The van der Waals surface area contributed by atoms with Crippen molar-refractivity contribution >= 4 is 11.9 Å². The molecule has 2 aliphatic heterocycles. The predicted octanol–water partition coefficient (Wildman–Crippen LogP) is 0.809. The number of carboxylic acids is 1. The maximum absolute atomic E-state index is 12.8. The lowest BCUT2D eigenvalue weighted by molar-refractivity contribution is -0.208. The highest BCUT2D eigenvalue weighted by Crippen LogP contribution is 2.19. The van der Waals surface area contributed by atoms with Crippen molar-refractivity contribution in [1.29, 1.82) is 0 Å². The molecule has 22 heavy (non-hydrogen) atoms. The summed E-state index contributed by atoms with van der Waals surface area (Å²) >= 11 is 0. The molecule has 3 N–H and O–H groups in total. The minimum atomic E-state index is -0.911. The zero-order valence-electron chi connectivity index (χ0n) is 13.2. The molecule has 7 nitrogen and oxygen atoms in total. The molecule has 126 valence electrons. The van der Waals surface area contributed by atoms with Gasteiger partial charge in [-0.3, -0.25) is 9.59 Å². The van der Waals surface area contributed by atoms with Crippen LogP contribution in [0.4, 0.5) is 0 Å². The Morgan fingerprint density at radius 2 is 1.41 bits per heavy atom. The second kappa shape index (κ2) is 8.45. The number of piperidine rings is 2. The number of carbonyl (C=O) groups excluding carboxylic acids is 1. The molecule has 0 spiro atoms. The van der Waals surface area contributed by atoms with Gasteiger partial charge < -0.3 is 10.8 Å². The van der Waals surface area contributed by atoms with Crippen LogP contribution in [0.25, 0.3) is 0 Å². The summed E-state index contributed by atoms with van der Waals surface area (Å²) in [6, 6.07) is -0.750. The molecule has 0 aromatic heterocycles. The molecule has 0 bridgehead atoms. The number of rotatable bonds is 6. The Morgan fingerprint density at radius 1 is 0.955 bits per heavy atom. The van der Waals surface area contributed by atoms with E-state index in [1.807, 2.05) is 0 Å². The lowest BCUT2D eigenvalue weighted by Crippen LogP contribution is -2.62. The zero-order chi connectivity index (χ0) is 15.9. The van der Waals surface area contributed by atoms with Crippen LogP contribution in [0.5, 0.6) is 0 Å². The summed E-state index contributed by atoms with van der Waals surface area (Å²) in [6.45, 7) is 3.48. The van der Waals surface area contributed by atoms with Gasteiger partial charge in [0, 0.05) is 32.6 Å². The fourth-order valence-corrected chi connectivity index (χ4v) is 3.14. The van der Waals surface area contributed by atoms with Crippen molar-refractivity contribution in [2.45, 2.75) is 57.4 Å². The lowest BCUT2D eigenvalue weighted by Gasteiger charge is -2.45. The first-order chi connectivity index (χ1) is 10.6. The van der Waals surface area contributed by atoms with Crippen LogP contribution in [0.2, 0.25) is 0 Å². The van der Waals surface area contributed by atoms with Gasteiger partial charge in [0.15, 0.2) is 0 Å². The van der Waals surface area contributed by atoms with Gasteiger partial charge in [-0.25, -0.2) is 15.1 Å². The summed E-state index contributed by atoms with van der Waals surface area (Å²) in [5, 5.41) is 14.7. The molecule has 1 amide bonds. The molecule has 2 heterocycles. The number of nitrogens with zero attached hydrogens (tertiary/aromatic N) is 3. The summed E-state index contributed by atoms with van der Waals surface area (Å²) < 4.78 is 0. The lowest BCUT2D eigenvalue weighted by atomic mass is 10.1. The molecule has 0 saturated carbocycles. The first-order valence-corrected chi connectivity index (χ1v) is 8.40. The van der Waals surface area contributed by atoms with Crippen molar-refractivity contribution in [2.75, 3.05) is 26.2 Å². The molecule has 0 radical (unpaired) electrons. The van der Waals surface area contributed by atoms with Gasteiger partial charge in [0.25, 0.3) is 5.91 Å². The van der Waals surface area contributed by atoms with Crippen LogP contribution in [0.3, 0.4) is 0 Å². The summed E-state index contributed by atoms with van der Waals surface area (Å²) in [7, 11) is 0. The summed E-state index contributed by atoms with van der Waals surface area (Å²) in [5.41, 5.74) is 5.97. The van der Waals surface area contributed by atoms with Crippen molar-refractivity contribution in [2.24, 2.45) is 5.73 Å². The number of amides is 1. The number of hydrogen-bond donors (Lipinski definition) is 2. The average molecular weight is 312 g/mol. The molecule has 2 aliphatic rings. The van der Waals surface area contributed by atoms with Crippen molar-refractivity contribution in [3.63, 3.8) is 0 Å². The first kappa shape index (κ1) is 17.2. The number of aliphatic carboxylic acids is 1. The van der Waals surface area contributed by atoms with E-state index in [0.29, 0.717) is 0 Å². The summed E-state index contributed by atoms with van der Waals surface area (Å²) in [5.74, 6) is -1.07. The van der Waals surface area contributed by atoms with Gasteiger partial charge >= 0.3 is 5.97 Å². The normalized spacial score (nSPS) is 22.2. The van der Waals surface area contributed by atoms with Crippen molar-refractivity contribution in [1.82, 2.24) is 15.1 Å². The molecule has 0 aliphatic carbocycles. The highest BCUT2D eigenvalue weighted by atomic mass is 16.4. The van der Waals surface area contributed by atoms with Gasteiger partial charge in [0.05, 0.1) is 6.04 Å². The van der Waals surface area contributed by atoms with E-state index in [2.05, 4.69) is 10.0 Å². The fraction of sp³-hybridized carbons (Fsp3) is 0.867. The van der Waals surface area contributed by atoms with Crippen LogP contribution in [0.1, 0.15) is 51.4 Å². The molecule has 0 unspecified atom stereocenters. The van der Waals surface area contributed by atoms with Gasteiger partial charge in [0.1, 0.15) is 0 Å². The Kier molecular flexibility index (Phi) is 6.60. The maximum atomic E-state index is 12.8. The molecule has 2 rings (SSSR count). The average Bonchev–Trinajstić information content (AvgIpc) is 2.54. The van der Waals surface area contributed by atoms with E-state index in [1.54, 1.807) is 5.12 Å². The van der Waals surface area contributed by atoms with E-state index in [1.165, 1.54) is 12.8 Å². The largest absolute Gasteiger partial charge is 0.481 e. The maximum Gasteiger partial charge on any atom is 0.303 e. The molecular weight excluding hydrogens is 284 g/mol. The minimum Gasteiger partial charge on any atom is -0.481 e. The van der Waals surface area contributed by atoms with E-state index in [0.717, 1.165) is 51.9 Å². The van der Waals surface area contributed by atoms with Crippen LogP contribution < -0.4 is 5.73 Å². The molecule has 1 atom stereocenters. The van der Waals surface area contributed by atoms with Gasteiger partial charge in [0.2, 0.25) is 0 Å². The standard InChI is InChI=1S/C15H28N4O3/c16-13(7-8-14(20)21)15(22)19(17-9-3-1-4-10-17)18-11-5-2-6-12-18/h13H,1-12,16H2,(H,20,21)/t13-/m0/s1. The highest BCUT2D eigenvalue weighted by molar-refractivity contribution is 5.81. The summed E-state index contributed by atoms with van der Waals surface area (Å²) in [6.07, 6.45) is 6.86. The number of hydrogen-bond acceptors (Lipinski definition) is 5. The van der Waals surface area contributed by atoms with Gasteiger partial charge in [-0.05, 0) is 32.1 Å². The number of carboxylic acid groups (broad SMARTS) is 1. The van der Waals surface area contributed by atoms with Gasteiger partial charge in [-0.2, -0.15) is 0 Å². The topological polar surface area (TPSA) is 90.1 Å². The minimum absolute atomic E-state index is 0.0687. The zero-order valence-corrected chi connectivity index (χ0v) is 13.2. The third-order valence-corrected chi connectivity index (χ3v) is 4.38. The Bertz CT molecular complexity index is 361. The van der Waals surface area contributed by atoms with Gasteiger partial charge in [-0.1, -0.05) is 12.8 Å². The Balaban J connectivity index is 2.04. The SMILES string of the molecule is N[C@@H](CCC(=O)O)C(=O)N(N1CCCCC1)N1CCCCC1. The highest BCUT2D eigenvalue weighted by Gasteiger charge is 2.32. The van der Waals surface area contributed by atoms with Crippen LogP contribution >= 0.6 is 0 Å². The monoisotopic (exact) mass is 312 g/mol. The van der Waals surface area contributed by atoms with E-state index < -0.39 is 12.0 Å². The molecular formula is C15H28N4O3. The Hall–Kier alpha value is -1.18. The smallest absolute Gasteiger partial charge is 0.303 e. The Labute approximate surface area is 132 Å². The fourth-order valence-electron chi connectivity index (χ4n) is 3.14. The first-order valence-electron chi connectivity index (χ1n) is 8.40. The van der Waals surface area contributed by atoms with E-state index in [9.17, 15) is 9.59 Å². The third-order valence-electron chi connectivity index (χ3n) is 4.38. The Morgan fingerprint density at radius 3 is 1.82 bits per heavy atom. The molecule has 2 saturated heterocycles. The molecule has 0 aromatic rings. The van der Waals surface area contributed by atoms with Crippen LogP contribution in [-0.2, 0) is 9.59 Å². The van der Waals surface area contributed by atoms with E-state index in [-0.39, 0.29) is 18.7 Å². The molecule has 7 heteroatoms. The molecule has 0 aromatic carbocycles.